The van der Waals surface area contributed by atoms with Gasteiger partial charge in [0.2, 0.25) is 10.0 Å². The number of nitrogens with zero attached hydrogens (tertiary/aromatic N) is 4. The largest absolute Gasteiger partial charge is 0.490 e. The van der Waals surface area contributed by atoms with Crippen molar-refractivity contribution in [1.29, 1.82) is 0 Å². The van der Waals surface area contributed by atoms with E-state index < -0.39 is 26.8 Å². The van der Waals surface area contributed by atoms with Gasteiger partial charge in [-0.25, -0.2) is 12.7 Å². The van der Waals surface area contributed by atoms with Gasteiger partial charge in [0, 0.05) is 55.4 Å². The third-order valence-electron chi connectivity index (χ3n) is 11.8. The first kappa shape index (κ1) is 34.0. The Hall–Kier alpha value is -3.47. The minimum absolute atomic E-state index is 0.0896. The molecule has 1 fully saturated rings. The van der Waals surface area contributed by atoms with Gasteiger partial charge < -0.3 is 14.4 Å². The standard InChI is InChI=1S/C38H45ClN4O5S/c1-25-8-5-18-38(47-4,35-10-7-19-40-41-35)32-14-11-29(32)22-43-23-37(17-6-9-27-20-30(39)13-15-31(27)37)24-48-34-16-12-28(21-33(34)43)36(44)42(3)49(45,46)26(25)2/h5,7,10,12-13,15-16,18-21,25-26,29,32H,6,8-9,11,14,17,22-24H2,1-4H3/b18-5-/t25-,26+,29-,32+,37-,38-/m0/s1. The number of ether oxygens (including phenoxy) is 2. The first-order valence-electron chi connectivity index (χ1n) is 17.3. The minimum Gasteiger partial charge on any atom is -0.490 e. The molecule has 1 amide bonds. The van der Waals surface area contributed by atoms with E-state index in [-0.39, 0.29) is 23.2 Å². The number of halogens is 1. The lowest BCUT2D eigenvalue weighted by Crippen LogP contribution is -2.52. The zero-order chi connectivity index (χ0) is 34.6. The Morgan fingerprint density at radius 3 is 2.67 bits per heavy atom. The van der Waals surface area contributed by atoms with Crippen LogP contribution in [0.15, 0.2) is 66.9 Å². The molecule has 1 saturated carbocycles. The van der Waals surface area contributed by atoms with E-state index >= 15 is 0 Å². The first-order chi connectivity index (χ1) is 23.5. The van der Waals surface area contributed by atoms with Crippen molar-refractivity contribution < 1.29 is 22.7 Å². The second-order valence-corrected chi connectivity index (χ2v) is 17.2. The summed E-state index contributed by atoms with van der Waals surface area (Å²) in [4.78, 5) is 16.3. The van der Waals surface area contributed by atoms with Crippen molar-refractivity contribution >= 4 is 33.2 Å². The number of methoxy groups -OCH3 is 1. The van der Waals surface area contributed by atoms with Crippen molar-refractivity contribution in [3.8, 4) is 5.75 Å². The molecule has 2 aromatic carbocycles. The maximum Gasteiger partial charge on any atom is 0.267 e. The van der Waals surface area contributed by atoms with Gasteiger partial charge in [-0.05, 0) is 111 Å². The number of fused-ring (bicyclic) bond motifs is 4. The molecule has 0 saturated heterocycles. The number of hydrogen-bond acceptors (Lipinski definition) is 8. The average Bonchev–Trinajstić information content (AvgIpc) is 3.25. The summed E-state index contributed by atoms with van der Waals surface area (Å²) >= 11 is 6.47. The number of amides is 1. The lowest BCUT2D eigenvalue weighted by atomic mass is 9.62. The molecule has 9 nitrogen and oxygen atoms in total. The second kappa shape index (κ2) is 13.0. The average molecular weight is 705 g/mol. The molecule has 7 rings (SSSR count). The van der Waals surface area contributed by atoms with E-state index in [1.54, 1.807) is 26.3 Å². The number of anilines is 1. The van der Waals surface area contributed by atoms with Crippen LogP contribution in [-0.2, 0) is 32.2 Å². The predicted octanol–water partition coefficient (Wildman–Crippen LogP) is 6.56. The number of rotatable bonds is 2. The van der Waals surface area contributed by atoms with E-state index in [0.717, 1.165) is 52.8 Å². The molecular formula is C38H45ClN4O5S. The fourth-order valence-electron chi connectivity index (χ4n) is 8.60. The van der Waals surface area contributed by atoms with Crippen LogP contribution < -0.4 is 9.64 Å². The van der Waals surface area contributed by atoms with Gasteiger partial charge in [0.1, 0.15) is 11.4 Å². The summed E-state index contributed by atoms with van der Waals surface area (Å²) < 4.78 is 41.7. The van der Waals surface area contributed by atoms with Crippen LogP contribution in [-0.4, -0.2) is 67.9 Å². The zero-order valence-electron chi connectivity index (χ0n) is 28.6. The van der Waals surface area contributed by atoms with Crippen LogP contribution in [0.25, 0.3) is 0 Å². The number of carbonyl (C=O) groups excluding carboxylic acids is 1. The number of aromatic nitrogens is 2. The van der Waals surface area contributed by atoms with E-state index in [4.69, 9.17) is 21.1 Å². The number of carbonyl (C=O) groups is 1. The number of sulfonamides is 1. The Morgan fingerprint density at radius 1 is 1.10 bits per heavy atom. The van der Waals surface area contributed by atoms with Gasteiger partial charge in [-0.1, -0.05) is 36.7 Å². The summed E-state index contributed by atoms with van der Waals surface area (Å²) in [7, 11) is -0.880. The molecule has 4 aliphatic rings. The molecule has 0 N–H and O–H groups in total. The van der Waals surface area contributed by atoms with Crippen LogP contribution in [0, 0.1) is 17.8 Å². The van der Waals surface area contributed by atoms with Gasteiger partial charge in [0.25, 0.3) is 5.91 Å². The molecular weight excluding hydrogens is 660 g/mol. The zero-order valence-corrected chi connectivity index (χ0v) is 30.2. The van der Waals surface area contributed by atoms with Crippen LogP contribution in [0.2, 0.25) is 5.02 Å². The van der Waals surface area contributed by atoms with Gasteiger partial charge in [-0.2, -0.15) is 10.2 Å². The molecule has 3 heterocycles. The molecule has 1 aromatic heterocycles. The van der Waals surface area contributed by atoms with E-state index in [1.165, 1.54) is 18.2 Å². The monoisotopic (exact) mass is 704 g/mol. The maximum atomic E-state index is 13.9. The molecule has 2 bridgehead atoms. The number of hydrogen-bond donors (Lipinski definition) is 0. The highest BCUT2D eigenvalue weighted by Gasteiger charge is 2.51. The van der Waals surface area contributed by atoms with E-state index in [9.17, 15) is 13.2 Å². The Balaban J connectivity index is 1.38. The summed E-state index contributed by atoms with van der Waals surface area (Å²) in [6.07, 6.45) is 11.1. The SMILES string of the molecule is CO[C@@]1(c2cccnn2)/C=C\C[C@H](C)[C@@H](C)S(=O)(=O)N(C)C(=O)c2ccc3c(c2)N(C[C@@H]2CC[C@H]21)C[C@@]1(CCCc2cc(Cl)ccc21)CO3. The van der Waals surface area contributed by atoms with Crippen molar-refractivity contribution in [2.45, 2.75) is 68.6 Å². The smallest absolute Gasteiger partial charge is 0.267 e. The fourth-order valence-corrected chi connectivity index (χ4v) is 10.3. The third-order valence-corrected chi connectivity index (χ3v) is 14.4. The Kier molecular flexibility index (Phi) is 9.03. The van der Waals surface area contributed by atoms with Crippen molar-refractivity contribution in [3.05, 3.63) is 94.3 Å². The van der Waals surface area contributed by atoms with Gasteiger partial charge in [-0.3, -0.25) is 4.79 Å². The van der Waals surface area contributed by atoms with E-state index in [2.05, 4.69) is 33.3 Å². The molecule has 6 atom stereocenters. The molecule has 3 aromatic rings. The van der Waals surface area contributed by atoms with Crippen molar-refractivity contribution in [1.82, 2.24) is 14.5 Å². The van der Waals surface area contributed by atoms with E-state index in [1.807, 2.05) is 43.3 Å². The number of allylic oxidation sites excluding steroid dienone is 1. The lowest BCUT2D eigenvalue weighted by Gasteiger charge is -2.50. The highest BCUT2D eigenvalue weighted by Crippen LogP contribution is 2.51. The van der Waals surface area contributed by atoms with Crippen LogP contribution >= 0.6 is 11.6 Å². The summed E-state index contributed by atoms with van der Waals surface area (Å²) in [5, 5.41) is 8.71. The molecule has 2 aliphatic carbocycles. The van der Waals surface area contributed by atoms with Gasteiger partial charge in [-0.15, -0.1) is 0 Å². The van der Waals surface area contributed by atoms with Gasteiger partial charge >= 0.3 is 0 Å². The molecule has 2 aliphatic heterocycles. The lowest BCUT2D eigenvalue weighted by molar-refractivity contribution is -0.0836. The Morgan fingerprint density at radius 2 is 1.94 bits per heavy atom. The van der Waals surface area contributed by atoms with Crippen LogP contribution in [0.1, 0.15) is 73.1 Å². The summed E-state index contributed by atoms with van der Waals surface area (Å²) in [6.45, 7) is 5.45. The van der Waals surface area contributed by atoms with Crippen LogP contribution in [0.4, 0.5) is 5.69 Å². The van der Waals surface area contributed by atoms with Crippen LogP contribution in [0.3, 0.4) is 0 Å². The maximum absolute atomic E-state index is 13.9. The Labute approximate surface area is 294 Å². The summed E-state index contributed by atoms with van der Waals surface area (Å²) in [5.41, 5.74) is 3.21. The van der Waals surface area contributed by atoms with Gasteiger partial charge in [0.15, 0.2) is 0 Å². The molecule has 49 heavy (non-hydrogen) atoms. The highest BCUT2D eigenvalue weighted by molar-refractivity contribution is 7.90. The molecule has 0 unspecified atom stereocenters. The number of benzene rings is 2. The quantitative estimate of drug-likeness (QED) is 0.277. The van der Waals surface area contributed by atoms with Crippen molar-refractivity contribution in [2.75, 3.05) is 38.8 Å². The van der Waals surface area contributed by atoms with Crippen molar-refractivity contribution in [2.24, 2.45) is 17.8 Å². The Bertz CT molecular complexity index is 1870. The highest BCUT2D eigenvalue weighted by atomic mass is 35.5. The topological polar surface area (TPSA) is 102 Å². The summed E-state index contributed by atoms with van der Waals surface area (Å²) in [6, 6.07) is 15.4. The molecule has 11 heteroatoms. The fraction of sp³-hybridized carbons (Fsp3) is 0.500. The normalized spacial score (nSPS) is 31.9. The van der Waals surface area contributed by atoms with Gasteiger partial charge in [0.05, 0.1) is 23.2 Å². The van der Waals surface area contributed by atoms with E-state index in [0.29, 0.717) is 37.4 Å². The van der Waals surface area contributed by atoms with Crippen LogP contribution in [0.5, 0.6) is 5.75 Å². The summed E-state index contributed by atoms with van der Waals surface area (Å²) in [5.74, 6) is 0.189. The van der Waals surface area contributed by atoms with Crippen molar-refractivity contribution in [3.63, 3.8) is 0 Å². The minimum atomic E-state index is -3.97. The first-order valence-corrected chi connectivity index (χ1v) is 19.2. The molecule has 260 valence electrons. The predicted molar refractivity (Wildman–Crippen MR) is 191 cm³/mol. The second-order valence-electron chi connectivity index (χ2n) is 14.5. The number of aryl methyl sites for hydroxylation is 1. The molecule has 0 radical (unpaired) electrons. The third kappa shape index (κ3) is 5.83. The molecule has 1 spiro atoms.